The number of hydrogen-bond donors (Lipinski definition) is 0. The Kier molecular flexibility index (Phi) is 7.23. The first-order chi connectivity index (χ1) is 12.3. The third kappa shape index (κ3) is 4.36. The highest BCUT2D eigenvalue weighted by molar-refractivity contribution is 6.50. The van der Waals surface area contributed by atoms with Crippen molar-refractivity contribution in [2.45, 2.75) is 49.6 Å². The van der Waals surface area contributed by atoms with E-state index in [1.54, 1.807) is 11.1 Å². The van der Waals surface area contributed by atoms with E-state index in [9.17, 15) is 0 Å². The van der Waals surface area contributed by atoms with Crippen molar-refractivity contribution in [3.05, 3.63) is 59.7 Å². The maximum absolute atomic E-state index is 5.42. The molecule has 0 saturated carbocycles. The van der Waals surface area contributed by atoms with Crippen molar-refractivity contribution in [2.24, 2.45) is 0 Å². The van der Waals surface area contributed by atoms with Crippen molar-refractivity contribution < 1.29 is 3.79 Å². The summed E-state index contributed by atoms with van der Waals surface area (Å²) in [5, 5.41) is 7.05. The van der Waals surface area contributed by atoms with Gasteiger partial charge in [0.05, 0.1) is 0 Å². The van der Waals surface area contributed by atoms with Crippen molar-refractivity contribution in [3.63, 3.8) is 0 Å². The van der Waals surface area contributed by atoms with Gasteiger partial charge in [0.15, 0.2) is 17.4 Å². The number of rotatable bonds is 0. The highest BCUT2D eigenvalue weighted by Gasteiger charge is 2.15. The van der Waals surface area contributed by atoms with E-state index in [0.717, 1.165) is 6.61 Å². The van der Waals surface area contributed by atoms with Crippen LogP contribution in [0.25, 0.3) is 21.5 Å². The first-order valence-electron chi connectivity index (χ1n) is 9.87. The summed E-state index contributed by atoms with van der Waals surface area (Å²) in [6.45, 7) is 1.05. The molecule has 1 aliphatic carbocycles. The van der Waals surface area contributed by atoms with E-state index in [-0.39, 0.29) is 17.4 Å². The van der Waals surface area contributed by atoms with Crippen molar-refractivity contribution >= 4 is 53.4 Å². The molecule has 5 rings (SSSR count). The Bertz CT molecular complexity index is 869. The van der Waals surface area contributed by atoms with Gasteiger partial charge in [-0.05, 0) is 64.8 Å². The topological polar surface area (TPSA) is 9.23 Å². The molecule has 26 heavy (non-hydrogen) atoms. The maximum atomic E-state index is 5.42. The predicted octanol–water partition coefficient (Wildman–Crippen LogP) is 5.11. The van der Waals surface area contributed by atoms with Gasteiger partial charge in [0.25, 0.3) is 0 Å². The molecule has 3 aromatic carbocycles. The number of hydrogen-bond acceptors (Lipinski definition) is 1. The molecule has 0 aromatic heterocycles. The molecule has 1 aliphatic heterocycles. The Morgan fingerprint density at radius 3 is 2.35 bits per heavy atom. The molecule has 1 saturated heterocycles. The summed E-state index contributed by atoms with van der Waals surface area (Å²) < 4.78 is 5.42. The fourth-order valence-electron chi connectivity index (χ4n) is 4.24. The van der Waals surface area contributed by atoms with E-state index in [1.807, 2.05) is 0 Å². The maximum Gasteiger partial charge on any atom is 0.457 e. The van der Waals surface area contributed by atoms with Gasteiger partial charge in [-0.15, -0.1) is 0 Å². The Morgan fingerprint density at radius 1 is 0.769 bits per heavy atom. The van der Waals surface area contributed by atoms with Crippen LogP contribution in [0.5, 0.6) is 0 Å². The summed E-state index contributed by atoms with van der Waals surface area (Å²) in [4.78, 5) is 0. The average Bonchev–Trinajstić information content (AvgIpc) is 2.68. The molecule has 0 radical (unpaired) electrons. The molecular formula is C23H30Al2O. The van der Waals surface area contributed by atoms with Crippen LogP contribution in [-0.4, -0.2) is 38.5 Å². The summed E-state index contributed by atoms with van der Waals surface area (Å²) in [5.74, 6) is 2.28. The van der Waals surface area contributed by atoms with Crippen LogP contribution in [0.2, 0.25) is 11.1 Å². The van der Waals surface area contributed by atoms with Crippen LogP contribution in [0.15, 0.2) is 48.5 Å². The second-order valence-corrected chi connectivity index (χ2v) is 10.0. The number of fused-ring (bicyclic) bond motifs is 5. The van der Waals surface area contributed by atoms with Crippen molar-refractivity contribution in [2.75, 3.05) is 6.61 Å². The standard InChI is InChI=1S/C18H16.C4H8O.CH3.2Al.3H/c1-3-7-15-13(5-1)9-11-18-16-8-4-2-6-14(16)10-12-17(15)18;1-2-3-4-5;;;;;;/h1,3,5,7,9-12H,2,4,6,8H2;1-4H2;1H3;;;;;/q;-1;;;+1;;;. The third-order valence-electron chi connectivity index (χ3n) is 5.66. The molecule has 0 amide bonds. The Morgan fingerprint density at radius 2 is 1.58 bits per heavy atom. The lowest BCUT2D eigenvalue weighted by atomic mass is 9.86. The van der Waals surface area contributed by atoms with E-state index in [4.69, 9.17) is 3.79 Å². The van der Waals surface area contributed by atoms with Crippen LogP contribution in [0, 0.1) is 0 Å². The van der Waals surface area contributed by atoms with Gasteiger partial charge in [-0.2, -0.15) is 0 Å². The monoisotopic (exact) mass is 376 g/mol. The summed E-state index contributed by atoms with van der Waals surface area (Å²) in [6, 6.07) is 18.0. The largest absolute Gasteiger partial charge is 0.501 e. The van der Waals surface area contributed by atoms with Crippen LogP contribution >= 0.6 is 0 Å². The molecule has 134 valence electrons. The Hall–Kier alpha value is -0.795. The van der Waals surface area contributed by atoms with Gasteiger partial charge in [0.2, 0.25) is 0 Å². The zero-order valence-electron chi connectivity index (χ0n) is 15.3. The van der Waals surface area contributed by atoms with E-state index in [1.165, 1.54) is 65.4 Å². The Balaban J connectivity index is 0.000000210. The lowest BCUT2D eigenvalue weighted by Crippen LogP contribution is -2.18. The molecule has 0 unspecified atom stereocenters. The summed E-state index contributed by atoms with van der Waals surface area (Å²) in [6.07, 6.45) is 7.94. The van der Waals surface area contributed by atoms with Gasteiger partial charge in [0.1, 0.15) is 0 Å². The summed E-state index contributed by atoms with van der Waals surface area (Å²) in [5.41, 5.74) is 3.17. The van der Waals surface area contributed by atoms with Crippen LogP contribution < -0.4 is 0 Å². The quantitative estimate of drug-likeness (QED) is 0.392. The second kappa shape index (κ2) is 9.42. The molecule has 1 fully saturated rings. The van der Waals surface area contributed by atoms with Gasteiger partial charge < -0.3 is 3.79 Å². The number of benzene rings is 3. The van der Waals surface area contributed by atoms with E-state index in [2.05, 4.69) is 54.3 Å². The average molecular weight is 376 g/mol. The molecular weight excluding hydrogens is 346 g/mol. The van der Waals surface area contributed by atoms with Gasteiger partial charge >= 0.3 is 14.5 Å². The van der Waals surface area contributed by atoms with Gasteiger partial charge in [-0.25, -0.2) is 0 Å². The van der Waals surface area contributed by atoms with Crippen molar-refractivity contribution in [1.82, 2.24) is 0 Å². The normalized spacial score (nSPS) is 16.4. The van der Waals surface area contributed by atoms with Crippen LogP contribution in [-0.2, 0) is 16.6 Å². The van der Waals surface area contributed by atoms with E-state index < -0.39 is 14.5 Å². The fourth-order valence-corrected chi connectivity index (χ4v) is 5.84. The molecule has 0 spiro atoms. The van der Waals surface area contributed by atoms with E-state index >= 15 is 0 Å². The molecule has 3 heteroatoms. The molecule has 2 aliphatic rings. The minimum absolute atomic E-state index is 0. The summed E-state index contributed by atoms with van der Waals surface area (Å²) >= 11 is -0.595. The van der Waals surface area contributed by atoms with Crippen LogP contribution in [0.4, 0.5) is 0 Å². The first kappa shape index (κ1) is 20.0. The molecule has 1 nitrogen and oxygen atoms in total. The molecule has 3 aromatic rings. The lowest BCUT2D eigenvalue weighted by Gasteiger charge is -2.18. The molecule has 0 atom stereocenters. The van der Waals surface area contributed by atoms with Gasteiger partial charge in [-0.3, -0.25) is 0 Å². The second-order valence-electron chi connectivity index (χ2n) is 7.47. The molecule has 1 heterocycles. The zero-order chi connectivity index (χ0) is 17.1. The minimum atomic E-state index is -0.595. The third-order valence-corrected chi connectivity index (χ3v) is 7.69. The molecule has 0 N–H and O–H groups in total. The van der Waals surface area contributed by atoms with Gasteiger partial charge in [0, 0.05) is 6.61 Å². The highest BCUT2D eigenvalue weighted by Crippen LogP contribution is 2.33. The summed E-state index contributed by atoms with van der Waals surface area (Å²) in [7, 11) is 0. The first-order valence-corrected chi connectivity index (χ1v) is 12.3. The molecule has 0 bridgehead atoms. The SMILES string of the molecule is [AlH3].[CH3][Al]1[CH2]CCC[O]1.c1ccc2c(c1)ccc1c3c(ccc12)CCCC3. The Labute approximate surface area is 172 Å². The lowest BCUT2D eigenvalue weighted by molar-refractivity contribution is 0.291. The highest BCUT2D eigenvalue weighted by atomic mass is 27.2. The fraction of sp³-hybridized carbons (Fsp3) is 0.391. The number of aryl methyl sites for hydroxylation is 2. The van der Waals surface area contributed by atoms with Crippen LogP contribution in [0.3, 0.4) is 0 Å². The zero-order valence-corrected chi connectivity index (χ0v) is 16.4. The van der Waals surface area contributed by atoms with Crippen LogP contribution in [0.1, 0.15) is 36.8 Å². The minimum Gasteiger partial charge on any atom is -0.501 e. The predicted molar refractivity (Wildman–Crippen MR) is 120 cm³/mol. The smallest absolute Gasteiger partial charge is 0.457 e. The van der Waals surface area contributed by atoms with E-state index in [0.29, 0.717) is 0 Å². The van der Waals surface area contributed by atoms with Crippen molar-refractivity contribution in [3.8, 4) is 0 Å². The van der Waals surface area contributed by atoms with Gasteiger partial charge in [-0.1, -0.05) is 66.0 Å². The van der Waals surface area contributed by atoms with Crippen molar-refractivity contribution in [1.29, 1.82) is 0 Å².